The van der Waals surface area contributed by atoms with Gasteiger partial charge >= 0.3 is 12.2 Å². The second-order valence-corrected chi connectivity index (χ2v) is 9.73. The zero-order chi connectivity index (χ0) is 26.6. The van der Waals surface area contributed by atoms with Crippen molar-refractivity contribution in [3.05, 3.63) is 84.1 Å². The average molecular weight is 524 g/mol. The van der Waals surface area contributed by atoms with Crippen LogP contribution in [0.25, 0.3) is 10.9 Å². The van der Waals surface area contributed by atoms with Crippen LogP contribution in [-0.4, -0.2) is 36.1 Å². The molecular formula is C27H24F3N5OS. The number of aromatic nitrogens is 1. The highest BCUT2D eigenvalue weighted by Gasteiger charge is 2.30. The molecule has 0 saturated heterocycles. The minimum Gasteiger partial charge on any atom is -0.346 e. The van der Waals surface area contributed by atoms with E-state index in [-0.39, 0.29) is 0 Å². The third kappa shape index (κ3) is 6.64. The Kier molecular flexibility index (Phi) is 7.76. The van der Waals surface area contributed by atoms with Crippen LogP contribution in [0.2, 0.25) is 0 Å². The van der Waals surface area contributed by atoms with E-state index in [4.69, 9.17) is 0 Å². The van der Waals surface area contributed by atoms with Crippen molar-refractivity contribution in [2.45, 2.75) is 22.5 Å². The van der Waals surface area contributed by atoms with E-state index < -0.39 is 17.8 Å². The summed E-state index contributed by atoms with van der Waals surface area (Å²) in [5.41, 5.74) is 1.69. The Morgan fingerprint density at radius 1 is 1.00 bits per heavy atom. The summed E-state index contributed by atoms with van der Waals surface area (Å²) < 4.78 is 40.5. The second kappa shape index (κ2) is 11.0. The van der Waals surface area contributed by atoms with E-state index in [9.17, 15) is 23.2 Å². The number of benzene rings is 3. The first-order valence-electron chi connectivity index (χ1n) is 11.3. The summed E-state index contributed by atoms with van der Waals surface area (Å²) in [6, 6.07) is 18.9. The number of fused-ring (bicyclic) bond motifs is 1. The number of halogens is 3. The molecular weight excluding hydrogens is 499 g/mol. The van der Waals surface area contributed by atoms with Crippen molar-refractivity contribution in [1.29, 1.82) is 5.26 Å². The molecule has 4 rings (SSSR count). The summed E-state index contributed by atoms with van der Waals surface area (Å²) in [7, 11) is 4.05. The first kappa shape index (κ1) is 26.1. The first-order valence-corrected chi connectivity index (χ1v) is 12.1. The van der Waals surface area contributed by atoms with Gasteiger partial charge in [-0.2, -0.15) is 18.4 Å². The number of nitrogens with one attached hydrogen (secondary N) is 2. The highest BCUT2D eigenvalue weighted by molar-refractivity contribution is 7.99. The minimum atomic E-state index is -4.41. The fourth-order valence-corrected chi connectivity index (χ4v) is 4.57. The molecule has 0 aliphatic carbocycles. The van der Waals surface area contributed by atoms with Gasteiger partial charge in [0.1, 0.15) is 6.07 Å². The maximum Gasteiger partial charge on any atom is 0.416 e. The van der Waals surface area contributed by atoms with Gasteiger partial charge in [-0.1, -0.05) is 11.8 Å². The van der Waals surface area contributed by atoms with Crippen LogP contribution in [0.1, 0.15) is 11.1 Å². The summed E-state index contributed by atoms with van der Waals surface area (Å²) in [4.78, 5) is 15.8. The van der Waals surface area contributed by atoms with E-state index >= 15 is 0 Å². The van der Waals surface area contributed by atoms with E-state index in [0.717, 1.165) is 36.1 Å². The molecule has 4 aromatic rings. The smallest absolute Gasteiger partial charge is 0.346 e. The number of nitriles is 1. The van der Waals surface area contributed by atoms with Crippen LogP contribution in [0.4, 0.5) is 29.3 Å². The Morgan fingerprint density at radius 3 is 2.32 bits per heavy atom. The Bertz CT molecular complexity index is 1460. The Hall–Kier alpha value is -3.94. The van der Waals surface area contributed by atoms with Gasteiger partial charge in [0.25, 0.3) is 0 Å². The Balaban J connectivity index is 1.41. The average Bonchev–Trinajstić information content (AvgIpc) is 3.25. The molecule has 0 radical (unpaired) electrons. The van der Waals surface area contributed by atoms with Crippen molar-refractivity contribution >= 4 is 40.1 Å². The number of likely N-dealkylation sites (N-methyl/N-ethyl adjacent to an activating group) is 1. The van der Waals surface area contributed by atoms with Crippen molar-refractivity contribution in [3.63, 3.8) is 0 Å². The zero-order valence-corrected chi connectivity index (χ0v) is 21.0. The van der Waals surface area contributed by atoms with Crippen LogP contribution in [0.3, 0.4) is 0 Å². The molecule has 0 unspecified atom stereocenters. The van der Waals surface area contributed by atoms with Gasteiger partial charge in [0, 0.05) is 51.4 Å². The number of amides is 2. The SMILES string of the molecule is CN(C)CCn1ccc2cc(NC(=O)Nc3ccc(Sc4ccc(C(F)(F)F)cc4)c(C#N)c3)ccc21. The van der Waals surface area contributed by atoms with Crippen LogP contribution in [0.5, 0.6) is 0 Å². The number of carbonyl (C=O) groups is 1. The summed E-state index contributed by atoms with van der Waals surface area (Å²) in [5.74, 6) is 0. The zero-order valence-electron chi connectivity index (χ0n) is 20.1. The van der Waals surface area contributed by atoms with Gasteiger partial charge < -0.3 is 20.1 Å². The summed E-state index contributed by atoms with van der Waals surface area (Å²) >= 11 is 1.17. The van der Waals surface area contributed by atoms with E-state index in [1.54, 1.807) is 12.1 Å². The normalized spacial score (nSPS) is 11.5. The molecule has 37 heavy (non-hydrogen) atoms. The molecule has 6 nitrogen and oxygen atoms in total. The molecule has 3 aromatic carbocycles. The lowest BCUT2D eigenvalue weighted by atomic mass is 10.2. The van der Waals surface area contributed by atoms with Crippen LogP contribution >= 0.6 is 11.8 Å². The predicted octanol–water partition coefficient (Wildman–Crippen LogP) is 6.89. The van der Waals surface area contributed by atoms with Gasteiger partial charge in [-0.15, -0.1) is 0 Å². The number of hydrogen-bond acceptors (Lipinski definition) is 4. The van der Waals surface area contributed by atoms with Gasteiger partial charge in [0.05, 0.1) is 11.1 Å². The molecule has 0 bridgehead atoms. The highest BCUT2D eigenvalue weighted by Crippen LogP contribution is 2.35. The summed E-state index contributed by atoms with van der Waals surface area (Å²) in [6.07, 6.45) is -2.39. The lowest BCUT2D eigenvalue weighted by molar-refractivity contribution is -0.137. The predicted molar refractivity (Wildman–Crippen MR) is 140 cm³/mol. The third-order valence-electron chi connectivity index (χ3n) is 5.58. The molecule has 0 spiro atoms. The Labute approximate surface area is 216 Å². The molecule has 0 fully saturated rings. The topological polar surface area (TPSA) is 73.1 Å². The number of hydrogen-bond donors (Lipinski definition) is 2. The molecule has 2 amide bonds. The maximum absolute atomic E-state index is 12.8. The monoisotopic (exact) mass is 523 g/mol. The standard InChI is InChI=1S/C27H24F3N5OS/c1-34(2)13-14-35-12-11-18-15-21(5-9-24(18)35)32-26(36)33-22-6-10-25(19(16-22)17-31)37-23-7-3-20(4-8-23)27(28,29)30/h3-12,15-16H,13-14H2,1-2H3,(H2,32,33,36). The van der Waals surface area contributed by atoms with Gasteiger partial charge in [-0.3, -0.25) is 0 Å². The quantitative estimate of drug-likeness (QED) is 0.277. The van der Waals surface area contributed by atoms with E-state index in [1.165, 1.54) is 30.0 Å². The van der Waals surface area contributed by atoms with Gasteiger partial charge in [-0.05, 0) is 80.8 Å². The van der Waals surface area contributed by atoms with Crippen molar-refractivity contribution in [2.75, 3.05) is 31.3 Å². The van der Waals surface area contributed by atoms with E-state index in [0.29, 0.717) is 26.7 Å². The van der Waals surface area contributed by atoms with Crippen LogP contribution in [0.15, 0.2) is 82.7 Å². The van der Waals surface area contributed by atoms with Crippen molar-refractivity contribution in [1.82, 2.24) is 9.47 Å². The number of alkyl halides is 3. The molecule has 0 aliphatic rings. The first-order chi connectivity index (χ1) is 17.6. The molecule has 1 heterocycles. The van der Waals surface area contributed by atoms with Gasteiger partial charge in [0.2, 0.25) is 0 Å². The fraction of sp³-hybridized carbons (Fsp3) is 0.185. The Morgan fingerprint density at radius 2 is 1.68 bits per heavy atom. The molecule has 0 aliphatic heterocycles. The van der Waals surface area contributed by atoms with E-state index in [1.807, 2.05) is 44.6 Å². The molecule has 0 saturated carbocycles. The fourth-order valence-electron chi connectivity index (χ4n) is 3.70. The maximum atomic E-state index is 12.8. The molecule has 10 heteroatoms. The molecule has 190 valence electrons. The number of urea groups is 1. The number of rotatable bonds is 7. The van der Waals surface area contributed by atoms with Crippen LogP contribution in [-0.2, 0) is 12.7 Å². The third-order valence-corrected chi connectivity index (χ3v) is 6.67. The van der Waals surface area contributed by atoms with E-state index in [2.05, 4.69) is 26.2 Å². The molecule has 1 aromatic heterocycles. The van der Waals surface area contributed by atoms with Crippen molar-refractivity contribution < 1.29 is 18.0 Å². The number of nitrogens with zero attached hydrogens (tertiary/aromatic N) is 3. The van der Waals surface area contributed by atoms with Gasteiger partial charge in [-0.25, -0.2) is 4.79 Å². The lowest BCUT2D eigenvalue weighted by Crippen LogP contribution is -2.19. The highest BCUT2D eigenvalue weighted by atomic mass is 32.2. The van der Waals surface area contributed by atoms with Gasteiger partial charge in [0.15, 0.2) is 0 Å². The van der Waals surface area contributed by atoms with Crippen LogP contribution < -0.4 is 10.6 Å². The molecule has 0 atom stereocenters. The number of anilines is 2. The largest absolute Gasteiger partial charge is 0.416 e. The van der Waals surface area contributed by atoms with Crippen LogP contribution in [0, 0.1) is 11.3 Å². The lowest BCUT2D eigenvalue weighted by Gasteiger charge is -2.12. The molecule has 2 N–H and O–H groups in total. The minimum absolute atomic E-state index is 0.295. The second-order valence-electron chi connectivity index (χ2n) is 8.61. The summed E-state index contributed by atoms with van der Waals surface area (Å²) in [6.45, 7) is 1.77. The van der Waals surface area contributed by atoms with Crippen molar-refractivity contribution in [3.8, 4) is 6.07 Å². The summed E-state index contributed by atoms with van der Waals surface area (Å²) in [5, 5.41) is 16.1. The van der Waals surface area contributed by atoms with Crippen molar-refractivity contribution in [2.24, 2.45) is 0 Å². The number of carbonyl (C=O) groups excluding carboxylic acids is 1.